The number of carbonyl (C=O) groups is 1. The third kappa shape index (κ3) is 7.89. The van der Waals surface area contributed by atoms with Gasteiger partial charge in [0.2, 0.25) is 0 Å². The summed E-state index contributed by atoms with van der Waals surface area (Å²) in [7, 11) is 0. The lowest BCUT2D eigenvalue weighted by molar-refractivity contribution is -0.220. The minimum atomic E-state index is -0.805. The summed E-state index contributed by atoms with van der Waals surface area (Å²) in [5, 5.41) is 0. The van der Waals surface area contributed by atoms with Crippen LogP contribution in [-0.2, 0) is 48.3 Å². The van der Waals surface area contributed by atoms with E-state index >= 15 is 0 Å². The van der Waals surface area contributed by atoms with Crippen molar-refractivity contribution in [3.8, 4) is 0 Å². The van der Waals surface area contributed by atoms with Crippen LogP contribution < -0.4 is 0 Å². The monoisotopic (exact) mass is 514 g/mol. The van der Waals surface area contributed by atoms with Crippen LogP contribution in [0.25, 0.3) is 0 Å². The largest absolute Gasteiger partial charge is 0.485 e. The lowest BCUT2D eigenvalue weighted by atomic mass is 9.96. The van der Waals surface area contributed by atoms with Crippen LogP contribution in [0.3, 0.4) is 0 Å². The Hall–Kier alpha value is -3.71. The van der Waals surface area contributed by atoms with Crippen LogP contribution in [0.2, 0.25) is 0 Å². The molecule has 1 fully saturated rings. The summed E-state index contributed by atoms with van der Waals surface area (Å²) in [6.45, 7) is 6.50. The summed E-state index contributed by atoms with van der Waals surface area (Å²) in [5.74, 6) is 0.00333. The molecule has 1 saturated heterocycles. The zero-order valence-electron chi connectivity index (χ0n) is 21.6. The fourth-order valence-electron chi connectivity index (χ4n) is 4.32. The van der Waals surface area contributed by atoms with Crippen molar-refractivity contribution >= 4 is 5.97 Å². The molecule has 4 rings (SSSR count). The molecule has 1 aliphatic rings. The van der Waals surface area contributed by atoms with Crippen molar-refractivity contribution in [2.75, 3.05) is 6.61 Å². The first-order valence-electron chi connectivity index (χ1n) is 12.7. The van der Waals surface area contributed by atoms with Crippen LogP contribution in [0.4, 0.5) is 0 Å². The van der Waals surface area contributed by atoms with Gasteiger partial charge >= 0.3 is 5.97 Å². The average molecular weight is 515 g/mol. The molecule has 0 saturated carbocycles. The molecule has 6 heteroatoms. The molecule has 38 heavy (non-hydrogen) atoms. The number of allylic oxidation sites excluding steroid dienone is 2. The Morgan fingerprint density at radius 1 is 0.789 bits per heavy atom. The number of benzene rings is 3. The molecule has 0 aliphatic carbocycles. The number of carbonyl (C=O) groups excluding carboxylic acids is 1. The molecule has 6 nitrogen and oxygen atoms in total. The predicted molar refractivity (Wildman–Crippen MR) is 145 cm³/mol. The summed E-state index contributed by atoms with van der Waals surface area (Å²) in [4.78, 5) is 12.1. The molecule has 0 bridgehead atoms. The van der Waals surface area contributed by atoms with Crippen LogP contribution in [0.15, 0.2) is 115 Å². The van der Waals surface area contributed by atoms with Crippen molar-refractivity contribution in [3.05, 3.63) is 132 Å². The highest BCUT2D eigenvalue weighted by Gasteiger charge is 2.47. The maximum Gasteiger partial charge on any atom is 0.303 e. The maximum absolute atomic E-state index is 12.1. The number of rotatable bonds is 12. The fraction of sp³-hybridized carbons (Fsp3) is 0.281. The van der Waals surface area contributed by atoms with Gasteiger partial charge in [0.1, 0.15) is 18.0 Å². The van der Waals surface area contributed by atoms with Gasteiger partial charge in [0, 0.05) is 6.92 Å². The van der Waals surface area contributed by atoms with E-state index < -0.39 is 30.4 Å². The Morgan fingerprint density at radius 3 is 1.79 bits per heavy atom. The summed E-state index contributed by atoms with van der Waals surface area (Å²) < 4.78 is 31.0. The quantitative estimate of drug-likeness (QED) is 0.286. The van der Waals surface area contributed by atoms with Crippen molar-refractivity contribution in [2.45, 2.75) is 51.2 Å². The molecule has 0 radical (unpaired) electrons. The third-order valence-corrected chi connectivity index (χ3v) is 6.10. The number of hydrogen-bond donors (Lipinski definition) is 0. The van der Waals surface area contributed by atoms with E-state index in [1.807, 2.05) is 91.0 Å². The van der Waals surface area contributed by atoms with Gasteiger partial charge in [0.25, 0.3) is 0 Å². The van der Waals surface area contributed by atoms with Gasteiger partial charge in [0.05, 0.1) is 26.4 Å². The van der Waals surface area contributed by atoms with Crippen molar-refractivity contribution < 1.29 is 28.5 Å². The van der Waals surface area contributed by atoms with Crippen molar-refractivity contribution in [2.24, 2.45) is 0 Å². The van der Waals surface area contributed by atoms with Gasteiger partial charge in [-0.05, 0) is 22.8 Å². The summed E-state index contributed by atoms with van der Waals surface area (Å²) in [6.07, 6.45) is 0.757. The summed E-state index contributed by atoms with van der Waals surface area (Å²) in [6, 6.07) is 29.7. The molecule has 198 valence electrons. The first kappa shape index (κ1) is 27.3. The lowest BCUT2D eigenvalue weighted by Crippen LogP contribution is -2.56. The lowest BCUT2D eigenvalue weighted by Gasteiger charge is -2.43. The van der Waals surface area contributed by atoms with Crippen LogP contribution >= 0.6 is 0 Å². The van der Waals surface area contributed by atoms with E-state index in [1.165, 1.54) is 6.92 Å². The van der Waals surface area contributed by atoms with Crippen molar-refractivity contribution in [3.63, 3.8) is 0 Å². The van der Waals surface area contributed by atoms with E-state index in [0.717, 1.165) is 16.7 Å². The molecule has 0 amide bonds. The normalized spacial score (nSPS) is 22.0. The van der Waals surface area contributed by atoms with Crippen LogP contribution in [-0.4, -0.2) is 37.0 Å². The van der Waals surface area contributed by atoms with E-state index in [-0.39, 0.29) is 6.61 Å². The van der Waals surface area contributed by atoms with E-state index in [0.29, 0.717) is 25.6 Å². The Labute approximate surface area is 224 Å². The summed E-state index contributed by atoms with van der Waals surface area (Å²) >= 11 is 0. The van der Waals surface area contributed by atoms with Gasteiger partial charge in [-0.25, -0.2) is 0 Å². The van der Waals surface area contributed by atoms with Gasteiger partial charge in [-0.1, -0.05) is 104 Å². The first-order valence-corrected chi connectivity index (χ1v) is 12.7. The molecule has 0 aromatic heterocycles. The number of esters is 1. The van der Waals surface area contributed by atoms with Crippen LogP contribution in [0.1, 0.15) is 23.6 Å². The highest BCUT2D eigenvalue weighted by atomic mass is 16.6. The second-order valence-electron chi connectivity index (χ2n) is 9.01. The Kier molecular flexibility index (Phi) is 10.3. The van der Waals surface area contributed by atoms with Gasteiger partial charge in [-0.15, -0.1) is 0 Å². The zero-order valence-corrected chi connectivity index (χ0v) is 21.6. The van der Waals surface area contributed by atoms with E-state index in [9.17, 15) is 4.79 Å². The minimum absolute atomic E-state index is 0.251. The number of hydrogen-bond acceptors (Lipinski definition) is 6. The second kappa shape index (κ2) is 14.3. The molecule has 0 N–H and O–H groups in total. The molecule has 3 aromatic rings. The van der Waals surface area contributed by atoms with Crippen molar-refractivity contribution in [1.29, 1.82) is 0 Å². The Bertz CT molecular complexity index is 1160. The zero-order chi connectivity index (χ0) is 26.6. The SMILES string of the molecule is C=C/C=C1/O[C@H](COCc2ccccc2)[C@@H](OCc2ccccc2)[C@H](OCc2ccccc2)[C@@H]1OC(C)=O. The molecule has 3 aromatic carbocycles. The van der Waals surface area contributed by atoms with Crippen molar-refractivity contribution in [1.82, 2.24) is 0 Å². The summed E-state index contributed by atoms with van der Waals surface area (Å²) in [5.41, 5.74) is 3.06. The molecule has 0 unspecified atom stereocenters. The standard InChI is InChI=1S/C32H34O6/c1-3-13-28-31(37-24(2)33)32(36-22-27-18-11-6-12-19-27)30(35-21-26-16-9-5-10-17-26)29(38-28)23-34-20-25-14-7-4-8-15-25/h3-19,29-32H,1,20-23H2,2H3/b28-13+/t29-,30-,31-,32+/m1/s1. The average Bonchev–Trinajstić information content (AvgIpc) is 2.94. The van der Waals surface area contributed by atoms with Crippen LogP contribution in [0, 0.1) is 0 Å². The van der Waals surface area contributed by atoms with E-state index in [2.05, 4.69) is 6.58 Å². The third-order valence-electron chi connectivity index (χ3n) is 6.10. The molecular weight excluding hydrogens is 480 g/mol. The van der Waals surface area contributed by atoms with E-state index in [4.69, 9.17) is 23.7 Å². The van der Waals surface area contributed by atoms with Gasteiger partial charge in [-0.3, -0.25) is 4.79 Å². The second-order valence-corrected chi connectivity index (χ2v) is 9.01. The number of ether oxygens (including phenoxy) is 5. The molecular formula is C32H34O6. The molecule has 1 heterocycles. The Balaban J connectivity index is 1.60. The topological polar surface area (TPSA) is 63.2 Å². The van der Waals surface area contributed by atoms with Gasteiger partial charge in [0.15, 0.2) is 12.2 Å². The smallest absolute Gasteiger partial charge is 0.303 e. The van der Waals surface area contributed by atoms with Crippen LogP contribution in [0.5, 0.6) is 0 Å². The highest BCUT2D eigenvalue weighted by molar-refractivity contribution is 5.66. The first-order chi connectivity index (χ1) is 18.6. The minimum Gasteiger partial charge on any atom is -0.485 e. The van der Waals surface area contributed by atoms with Gasteiger partial charge < -0.3 is 23.7 Å². The molecule has 1 aliphatic heterocycles. The fourth-order valence-corrected chi connectivity index (χ4v) is 4.32. The van der Waals surface area contributed by atoms with E-state index in [1.54, 1.807) is 12.2 Å². The predicted octanol–water partition coefficient (Wildman–Crippen LogP) is 5.77. The Morgan fingerprint density at radius 2 is 1.29 bits per heavy atom. The molecule has 0 spiro atoms. The molecule has 4 atom stereocenters. The highest BCUT2D eigenvalue weighted by Crippen LogP contribution is 2.32. The van der Waals surface area contributed by atoms with Gasteiger partial charge in [-0.2, -0.15) is 0 Å². The maximum atomic E-state index is 12.1.